The first-order chi connectivity index (χ1) is 9.19. The molecule has 1 heteroatoms. The van der Waals surface area contributed by atoms with Crippen LogP contribution in [0.1, 0.15) is 44.9 Å². The van der Waals surface area contributed by atoms with Gasteiger partial charge in [0, 0.05) is 0 Å². The fourth-order valence-electron chi connectivity index (χ4n) is 10.3. The highest BCUT2D eigenvalue weighted by molar-refractivity contribution is 5.28. The summed E-state index contributed by atoms with van der Waals surface area (Å²) >= 11 is 0. The van der Waals surface area contributed by atoms with Crippen molar-refractivity contribution in [2.75, 3.05) is 0 Å². The second-order valence-electron chi connectivity index (χ2n) is 9.85. The summed E-state index contributed by atoms with van der Waals surface area (Å²) in [6.07, 6.45) is 9.92. The molecule has 0 amide bonds. The van der Waals surface area contributed by atoms with Gasteiger partial charge in [-0.1, -0.05) is 0 Å². The fourth-order valence-corrected chi connectivity index (χ4v) is 10.3. The molecular formula is C18H24O. The molecule has 0 aliphatic heterocycles. The highest BCUT2D eigenvalue weighted by Gasteiger charge is 2.80. The summed E-state index contributed by atoms with van der Waals surface area (Å²) in [7, 11) is 0. The van der Waals surface area contributed by atoms with Gasteiger partial charge in [0.25, 0.3) is 0 Å². The van der Waals surface area contributed by atoms with Crippen molar-refractivity contribution in [1.29, 1.82) is 0 Å². The number of hydrogen-bond acceptors (Lipinski definition) is 1. The van der Waals surface area contributed by atoms with Gasteiger partial charge in [-0.05, 0) is 104 Å². The van der Waals surface area contributed by atoms with Crippen molar-refractivity contribution in [2.45, 2.75) is 50.5 Å². The summed E-state index contributed by atoms with van der Waals surface area (Å²) in [6, 6.07) is 0. The zero-order valence-electron chi connectivity index (χ0n) is 11.6. The normalized spacial score (nSPS) is 80.4. The molecule has 1 nitrogen and oxygen atoms in total. The number of aliphatic hydroxyl groups is 1. The maximum atomic E-state index is 11.1. The summed E-state index contributed by atoms with van der Waals surface area (Å²) in [5, 5.41) is 11.1. The molecule has 10 saturated carbocycles. The van der Waals surface area contributed by atoms with Gasteiger partial charge in [-0.25, -0.2) is 0 Å². The zero-order chi connectivity index (χ0) is 12.1. The smallest absolute Gasteiger partial charge is 0.0659 e. The molecule has 1 N–H and O–H groups in total. The van der Waals surface area contributed by atoms with Crippen LogP contribution in [0, 0.1) is 58.7 Å². The molecule has 11 bridgehead atoms. The van der Waals surface area contributed by atoms with Crippen LogP contribution in [-0.2, 0) is 0 Å². The molecule has 0 heterocycles. The first kappa shape index (κ1) is 9.82. The average molecular weight is 256 g/mol. The molecule has 0 aromatic heterocycles. The minimum Gasteiger partial charge on any atom is -0.390 e. The Morgan fingerprint density at radius 2 is 1.32 bits per heavy atom. The molecule has 10 fully saturated rings. The summed E-state index contributed by atoms with van der Waals surface area (Å²) in [5.41, 5.74) is 0.446. The Labute approximate surface area is 115 Å². The van der Waals surface area contributed by atoms with Crippen molar-refractivity contribution < 1.29 is 5.11 Å². The Morgan fingerprint density at radius 3 is 2.00 bits per heavy atom. The Morgan fingerprint density at radius 1 is 0.684 bits per heavy atom. The second kappa shape index (κ2) is 2.45. The van der Waals surface area contributed by atoms with E-state index >= 15 is 0 Å². The third-order valence-corrected chi connectivity index (χ3v) is 9.69. The van der Waals surface area contributed by atoms with E-state index in [-0.39, 0.29) is 5.60 Å². The average Bonchev–Trinajstić information content (AvgIpc) is 2.34. The van der Waals surface area contributed by atoms with Crippen LogP contribution in [0.4, 0.5) is 0 Å². The van der Waals surface area contributed by atoms with E-state index in [1.165, 1.54) is 25.7 Å². The fraction of sp³-hybridized carbons (Fsp3) is 1.00. The van der Waals surface area contributed by atoms with Crippen molar-refractivity contribution in [3.8, 4) is 0 Å². The Bertz CT molecular complexity index is 478. The van der Waals surface area contributed by atoms with E-state index in [1.54, 1.807) is 19.3 Å². The lowest BCUT2D eigenvalue weighted by Gasteiger charge is -2.84. The van der Waals surface area contributed by atoms with E-state index in [0.29, 0.717) is 5.41 Å². The van der Waals surface area contributed by atoms with Gasteiger partial charge in [0.1, 0.15) is 0 Å². The highest BCUT2D eigenvalue weighted by Crippen LogP contribution is 2.85. The molecule has 1 spiro atoms. The second-order valence-corrected chi connectivity index (χ2v) is 9.85. The van der Waals surface area contributed by atoms with Crippen molar-refractivity contribution >= 4 is 0 Å². The molecule has 0 aromatic rings. The van der Waals surface area contributed by atoms with Gasteiger partial charge in [0.05, 0.1) is 5.60 Å². The van der Waals surface area contributed by atoms with E-state index < -0.39 is 0 Å². The van der Waals surface area contributed by atoms with Crippen LogP contribution >= 0.6 is 0 Å². The molecule has 19 heavy (non-hydrogen) atoms. The molecule has 10 aliphatic rings. The molecule has 10 rings (SSSR count). The van der Waals surface area contributed by atoms with Crippen LogP contribution in [0.2, 0.25) is 0 Å². The van der Waals surface area contributed by atoms with Crippen LogP contribution in [0.15, 0.2) is 0 Å². The molecule has 102 valence electrons. The lowest BCUT2D eigenvalue weighted by atomic mass is 9.21. The first-order valence-corrected chi connectivity index (χ1v) is 8.91. The van der Waals surface area contributed by atoms with Gasteiger partial charge >= 0.3 is 0 Å². The maximum Gasteiger partial charge on any atom is 0.0659 e. The third-order valence-electron chi connectivity index (χ3n) is 9.69. The zero-order valence-corrected chi connectivity index (χ0v) is 11.6. The van der Waals surface area contributed by atoms with Gasteiger partial charge in [-0.2, -0.15) is 0 Å². The lowest BCUT2D eigenvalue weighted by Crippen LogP contribution is -2.79. The van der Waals surface area contributed by atoms with E-state index in [4.69, 9.17) is 0 Å². The molecule has 0 saturated heterocycles. The van der Waals surface area contributed by atoms with Crippen LogP contribution in [0.3, 0.4) is 0 Å². The van der Waals surface area contributed by atoms with Crippen molar-refractivity contribution in [3.05, 3.63) is 0 Å². The molecule has 6 atom stereocenters. The van der Waals surface area contributed by atoms with Crippen LogP contribution in [0.25, 0.3) is 0 Å². The van der Waals surface area contributed by atoms with Gasteiger partial charge < -0.3 is 5.11 Å². The SMILES string of the molecule is OC12CC3C4CC5C6CC7CC5C(C4C1)C(C7)(C2)C63. The maximum absolute atomic E-state index is 11.1. The standard InChI is InChI=1S/C18H24O/c19-17-5-13-10-3-9-11-1-8-2-12(9)16(14(10)6-17)18(4-8,7-17)15(11)13/h8-16,19H,1-7H2. The van der Waals surface area contributed by atoms with Crippen LogP contribution in [-0.4, -0.2) is 10.7 Å². The topological polar surface area (TPSA) is 20.2 Å². The van der Waals surface area contributed by atoms with E-state index in [2.05, 4.69) is 0 Å². The number of hydrogen-bond donors (Lipinski definition) is 1. The largest absolute Gasteiger partial charge is 0.390 e. The summed E-state index contributed by atoms with van der Waals surface area (Å²) in [6.45, 7) is 0. The quantitative estimate of drug-likeness (QED) is 0.706. The number of rotatable bonds is 0. The minimum atomic E-state index is -0.211. The molecule has 6 unspecified atom stereocenters. The molecule has 0 radical (unpaired) electrons. The van der Waals surface area contributed by atoms with Gasteiger partial charge in [-0.3, -0.25) is 0 Å². The molecule has 10 aliphatic carbocycles. The summed E-state index contributed by atoms with van der Waals surface area (Å²) in [5.74, 6) is 9.53. The third kappa shape index (κ3) is 0.772. The molecular weight excluding hydrogens is 232 g/mol. The monoisotopic (exact) mass is 256 g/mol. The summed E-state index contributed by atoms with van der Waals surface area (Å²) < 4.78 is 0. The minimum absolute atomic E-state index is 0.211. The van der Waals surface area contributed by atoms with Gasteiger partial charge in [0.2, 0.25) is 0 Å². The first-order valence-electron chi connectivity index (χ1n) is 8.91. The summed E-state index contributed by atoms with van der Waals surface area (Å²) in [4.78, 5) is 0. The predicted octanol–water partition coefficient (Wildman–Crippen LogP) is 3.08. The van der Waals surface area contributed by atoms with Crippen LogP contribution in [0.5, 0.6) is 0 Å². The van der Waals surface area contributed by atoms with Crippen molar-refractivity contribution in [2.24, 2.45) is 58.7 Å². The van der Waals surface area contributed by atoms with Crippen LogP contribution < -0.4 is 0 Å². The van der Waals surface area contributed by atoms with Crippen molar-refractivity contribution in [3.63, 3.8) is 0 Å². The Kier molecular flexibility index (Phi) is 1.26. The lowest BCUT2D eigenvalue weighted by molar-refractivity contribution is -0.371. The van der Waals surface area contributed by atoms with Gasteiger partial charge in [-0.15, -0.1) is 0 Å². The van der Waals surface area contributed by atoms with E-state index in [1.807, 2.05) is 0 Å². The van der Waals surface area contributed by atoms with E-state index in [9.17, 15) is 5.11 Å². The Hall–Kier alpha value is -0.0400. The highest BCUT2D eigenvalue weighted by atomic mass is 16.3. The Balaban J connectivity index is 1.55. The molecule has 0 aromatic carbocycles. The predicted molar refractivity (Wildman–Crippen MR) is 71.1 cm³/mol. The van der Waals surface area contributed by atoms with Gasteiger partial charge in [0.15, 0.2) is 0 Å². The van der Waals surface area contributed by atoms with E-state index in [0.717, 1.165) is 53.3 Å². The van der Waals surface area contributed by atoms with Crippen molar-refractivity contribution in [1.82, 2.24) is 0 Å².